The molecule has 2 aliphatic carbocycles. The monoisotopic (exact) mass is 395 g/mol. The maximum Gasteiger partial charge on any atom is 0.446 e. The van der Waals surface area contributed by atoms with Crippen LogP contribution in [0.25, 0.3) is 0 Å². The van der Waals surface area contributed by atoms with Gasteiger partial charge in [0.05, 0.1) is 14.2 Å². The Bertz CT molecular complexity index is 939. The third-order valence-electron chi connectivity index (χ3n) is 5.91. The molecular formula is C18H21NO7S. The summed E-state index contributed by atoms with van der Waals surface area (Å²) < 4.78 is 47.9. The zero-order valence-electron chi connectivity index (χ0n) is 15.0. The second-order valence-corrected chi connectivity index (χ2v) is 8.20. The first kappa shape index (κ1) is 18.3. The molecule has 4 rings (SSSR count). The summed E-state index contributed by atoms with van der Waals surface area (Å²) in [6.45, 7) is 0.687. The number of Topliss-reactive ketones (excluding diaryl/α,β-unsaturated/α-hetero) is 1. The van der Waals surface area contributed by atoms with Crippen LogP contribution < -0.4 is 14.2 Å². The molecule has 0 amide bonds. The highest BCUT2D eigenvalue weighted by molar-refractivity contribution is 7.81. The van der Waals surface area contributed by atoms with Crippen molar-refractivity contribution in [2.24, 2.45) is 5.92 Å². The highest BCUT2D eigenvalue weighted by Gasteiger charge is 2.55. The summed E-state index contributed by atoms with van der Waals surface area (Å²) in [4.78, 5) is 12.7. The molecule has 9 heteroatoms. The molecule has 1 fully saturated rings. The predicted octanol–water partition coefficient (Wildman–Crippen LogP) is 1.15. The molecule has 0 saturated carbocycles. The van der Waals surface area contributed by atoms with Gasteiger partial charge in [0.1, 0.15) is 0 Å². The van der Waals surface area contributed by atoms with Crippen molar-refractivity contribution < 1.29 is 31.4 Å². The van der Waals surface area contributed by atoms with Crippen molar-refractivity contribution in [3.05, 3.63) is 35.1 Å². The number of carbonyl (C=O) groups is 1. The van der Waals surface area contributed by atoms with Crippen molar-refractivity contribution in [1.82, 2.24) is 5.32 Å². The molecule has 1 heterocycles. The minimum Gasteiger partial charge on any atom is -0.493 e. The van der Waals surface area contributed by atoms with Crippen molar-refractivity contribution in [2.45, 2.75) is 30.7 Å². The largest absolute Gasteiger partial charge is 0.493 e. The predicted molar refractivity (Wildman–Crippen MR) is 95.2 cm³/mol. The lowest BCUT2D eigenvalue weighted by molar-refractivity contribution is -0.121. The lowest BCUT2D eigenvalue weighted by Gasteiger charge is -2.54. The summed E-state index contributed by atoms with van der Waals surface area (Å²) in [5.74, 6) is 0.286. The zero-order valence-corrected chi connectivity index (χ0v) is 15.8. The average molecular weight is 395 g/mol. The van der Waals surface area contributed by atoms with E-state index in [4.69, 9.17) is 13.7 Å². The van der Waals surface area contributed by atoms with Crippen LogP contribution in [0.3, 0.4) is 0 Å². The van der Waals surface area contributed by atoms with E-state index in [0.29, 0.717) is 30.7 Å². The van der Waals surface area contributed by atoms with Gasteiger partial charge in [-0.25, -0.2) is 0 Å². The first-order valence-electron chi connectivity index (χ1n) is 8.68. The SMILES string of the molecule is COC1=C[C@H]2[C@@H]3Cc4ccc(OC)c(OS(=O)(=O)O)c4[C@]2(CCN3)CC1=O. The van der Waals surface area contributed by atoms with Crippen molar-refractivity contribution in [3.8, 4) is 11.5 Å². The van der Waals surface area contributed by atoms with Crippen LogP contribution >= 0.6 is 0 Å². The molecule has 2 bridgehead atoms. The molecule has 1 aromatic rings. The molecule has 146 valence electrons. The van der Waals surface area contributed by atoms with Crippen molar-refractivity contribution >= 4 is 16.2 Å². The molecule has 0 spiro atoms. The number of rotatable bonds is 4. The molecular weight excluding hydrogens is 374 g/mol. The molecule has 0 aromatic heterocycles. The smallest absolute Gasteiger partial charge is 0.446 e. The van der Waals surface area contributed by atoms with E-state index in [1.165, 1.54) is 14.2 Å². The maximum atomic E-state index is 12.7. The highest BCUT2D eigenvalue weighted by atomic mass is 32.3. The number of benzene rings is 1. The number of ether oxygens (including phenoxy) is 2. The van der Waals surface area contributed by atoms with Gasteiger partial charge < -0.3 is 19.0 Å². The second kappa shape index (κ2) is 6.22. The van der Waals surface area contributed by atoms with Crippen molar-refractivity contribution in [1.29, 1.82) is 0 Å². The highest BCUT2D eigenvalue weighted by Crippen LogP contribution is 2.56. The first-order chi connectivity index (χ1) is 12.8. The van der Waals surface area contributed by atoms with Crippen LogP contribution in [-0.2, 0) is 31.8 Å². The summed E-state index contributed by atoms with van der Waals surface area (Å²) in [5, 5.41) is 3.49. The van der Waals surface area contributed by atoms with Gasteiger partial charge >= 0.3 is 10.4 Å². The van der Waals surface area contributed by atoms with E-state index in [-0.39, 0.29) is 35.7 Å². The van der Waals surface area contributed by atoms with Gasteiger partial charge in [0.15, 0.2) is 23.0 Å². The molecule has 8 nitrogen and oxygen atoms in total. The number of piperidine rings is 1. The van der Waals surface area contributed by atoms with Crippen molar-refractivity contribution in [2.75, 3.05) is 20.8 Å². The van der Waals surface area contributed by atoms with Gasteiger partial charge in [-0.2, -0.15) is 8.42 Å². The number of allylic oxidation sites excluding steroid dienone is 1. The number of fused-ring (bicyclic) bond motifs is 1. The topological polar surface area (TPSA) is 111 Å². The van der Waals surface area contributed by atoms with Crippen LogP contribution in [0.4, 0.5) is 0 Å². The van der Waals surface area contributed by atoms with Gasteiger partial charge in [-0.1, -0.05) is 6.07 Å². The number of hydrogen-bond donors (Lipinski definition) is 2. The Labute approximate surface area is 157 Å². The van der Waals surface area contributed by atoms with E-state index >= 15 is 0 Å². The summed E-state index contributed by atoms with van der Waals surface area (Å²) in [6, 6.07) is 3.58. The average Bonchev–Trinajstić information content (AvgIpc) is 2.59. The van der Waals surface area contributed by atoms with E-state index in [9.17, 15) is 17.8 Å². The van der Waals surface area contributed by atoms with E-state index in [0.717, 1.165) is 5.56 Å². The molecule has 0 radical (unpaired) electrons. The Morgan fingerprint density at radius 3 is 2.70 bits per heavy atom. The van der Waals surface area contributed by atoms with Crippen LogP contribution in [-0.4, -0.2) is 45.6 Å². The molecule has 3 atom stereocenters. The van der Waals surface area contributed by atoms with Crippen LogP contribution in [0.15, 0.2) is 24.0 Å². The van der Waals surface area contributed by atoms with Crippen LogP contribution in [0.1, 0.15) is 24.0 Å². The molecule has 1 aliphatic heterocycles. The third-order valence-corrected chi connectivity index (χ3v) is 6.28. The molecule has 3 aliphatic rings. The van der Waals surface area contributed by atoms with Gasteiger partial charge in [-0.15, -0.1) is 0 Å². The van der Waals surface area contributed by atoms with Crippen LogP contribution in [0.5, 0.6) is 11.5 Å². The molecule has 0 unspecified atom stereocenters. The summed E-state index contributed by atoms with van der Waals surface area (Å²) >= 11 is 0. The minimum absolute atomic E-state index is 0.0371. The van der Waals surface area contributed by atoms with Gasteiger partial charge in [0, 0.05) is 29.4 Å². The minimum atomic E-state index is -4.76. The second-order valence-electron chi connectivity index (χ2n) is 7.17. The van der Waals surface area contributed by atoms with E-state index in [2.05, 4.69) is 5.32 Å². The summed E-state index contributed by atoms with van der Waals surface area (Å²) in [6.07, 6.45) is 3.27. The number of nitrogens with one attached hydrogen (secondary N) is 1. The molecule has 27 heavy (non-hydrogen) atoms. The van der Waals surface area contributed by atoms with Gasteiger partial charge in [0.2, 0.25) is 0 Å². The zero-order chi connectivity index (χ0) is 19.4. The first-order valence-corrected chi connectivity index (χ1v) is 10.1. The Hall–Kier alpha value is -2.10. The Kier molecular flexibility index (Phi) is 4.21. The molecule has 1 aromatic carbocycles. The van der Waals surface area contributed by atoms with Gasteiger partial charge in [-0.05, 0) is 37.1 Å². The summed E-state index contributed by atoms with van der Waals surface area (Å²) in [7, 11) is -1.89. The number of hydrogen-bond acceptors (Lipinski definition) is 7. The number of ketones is 1. The Morgan fingerprint density at radius 2 is 2.04 bits per heavy atom. The summed E-state index contributed by atoms with van der Waals surface area (Å²) in [5.41, 5.74) is 0.865. The fourth-order valence-corrected chi connectivity index (χ4v) is 5.31. The van der Waals surface area contributed by atoms with Crippen LogP contribution in [0.2, 0.25) is 0 Å². The Morgan fingerprint density at radius 1 is 1.26 bits per heavy atom. The lowest BCUT2D eigenvalue weighted by atomic mass is 9.54. The fourth-order valence-electron chi connectivity index (χ4n) is 4.94. The standard InChI is InChI=1S/C18H21NO7S/c1-24-14-4-3-10-7-12-11-8-15(25-2)13(20)9-18(11,5-6-19-12)16(10)17(14)26-27(21,22)23/h3-4,8,11-12,19H,5-7,9H2,1-2H3,(H,21,22,23)/t11-,12-,18+/m0/s1. The van der Waals surface area contributed by atoms with E-state index in [1.54, 1.807) is 6.07 Å². The van der Waals surface area contributed by atoms with Gasteiger partial charge in [-0.3, -0.25) is 9.35 Å². The molecule has 1 saturated heterocycles. The van der Waals surface area contributed by atoms with E-state index < -0.39 is 15.8 Å². The number of methoxy groups -OCH3 is 2. The van der Waals surface area contributed by atoms with Gasteiger partial charge in [0.25, 0.3) is 0 Å². The van der Waals surface area contributed by atoms with E-state index in [1.807, 2.05) is 12.1 Å². The molecule has 2 N–H and O–H groups in total. The quantitative estimate of drug-likeness (QED) is 0.731. The normalized spacial score (nSPS) is 29.3. The lowest BCUT2D eigenvalue weighted by Crippen LogP contribution is -2.60. The number of carbonyl (C=O) groups excluding carboxylic acids is 1. The fraction of sp³-hybridized carbons (Fsp3) is 0.500. The maximum absolute atomic E-state index is 12.7. The van der Waals surface area contributed by atoms with Crippen LogP contribution in [0, 0.1) is 5.92 Å². The van der Waals surface area contributed by atoms with Crippen molar-refractivity contribution in [3.63, 3.8) is 0 Å². The third kappa shape index (κ3) is 2.81. The Balaban J connectivity index is 1.99.